The van der Waals surface area contributed by atoms with Gasteiger partial charge in [-0.25, -0.2) is 0 Å². The van der Waals surface area contributed by atoms with Crippen LogP contribution in [-0.2, 0) is 16.0 Å². The van der Waals surface area contributed by atoms with Crippen LogP contribution in [0.3, 0.4) is 0 Å². The first-order valence-corrected chi connectivity index (χ1v) is 8.85. The molecule has 1 atom stereocenters. The second kappa shape index (κ2) is 9.34. The van der Waals surface area contributed by atoms with E-state index in [1.807, 2.05) is 30.3 Å². The van der Waals surface area contributed by atoms with Crippen molar-refractivity contribution in [1.29, 1.82) is 0 Å². The van der Waals surface area contributed by atoms with Crippen LogP contribution in [-0.4, -0.2) is 48.2 Å². The largest absolute Gasteiger partial charge is 0.379 e. The second-order valence-electron chi connectivity index (χ2n) is 6.23. The van der Waals surface area contributed by atoms with Gasteiger partial charge in [-0.05, 0) is 24.8 Å². The third-order valence-corrected chi connectivity index (χ3v) is 4.16. The number of amides is 1. The minimum absolute atomic E-state index is 0.0987. The Morgan fingerprint density at radius 2 is 2.24 bits per heavy atom. The van der Waals surface area contributed by atoms with Gasteiger partial charge in [-0.3, -0.25) is 9.48 Å². The van der Waals surface area contributed by atoms with E-state index in [0.29, 0.717) is 31.9 Å². The van der Waals surface area contributed by atoms with E-state index in [1.165, 1.54) is 0 Å². The highest BCUT2D eigenvalue weighted by Crippen LogP contribution is 2.11. The number of rotatable bonds is 9. The summed E-state index contributed by atoms with van der Waals surface area (Å²) in [6, 6.07) is 10.0. The van der Waals surface area contributed by atoms with Crippen molar-refractivity contribution in [2.45, 2.75) is 31.9 Å². The summed E-state index contributed by atoms with van der Waals surface area (Å²) in [6.45, 7) is 3.38. The van der Waals surface area contributed by atoms with Gasteiger partial charge in [0.15, 0.2) is 0 Å². The van der Waals surface area contributed by atoms with Crippen LogP contribution in [0.1, 0.15) is 35.2 Å². The SMILES string of the molecule is O=C(NCCCOCC1CCCO1)c1cnn(Cc2ccccc2)c1. The Bertz CT molecular complexity index is 651. The van der Waals surface area contributed by atoms with Gasteiger partial charge in [0.05, 0.1) is 31.0 Å². The monoisotopic (exact) mass is 343 g/mol. The molecule has 1 aromatic carbocycles. The summed E-state index contributed by atoms with van der Waals surface area (Å²) in [6.07, 6.45) is 6.63. The van der Waals surface area contributed by atoms with Crippen molar-refractivity contribution in [3.63, 3.8) is 0 Å². The number of nitrogens with zero attached hydrogens (tertiary/aromatic N) is 2. The first kappa shape index (κ1) is 17.6. The summed E-state index contributed by atoms with van der Waals surface area (Å²) in [5.74, 6) is -0.0987. The van der Waals surface area contributed by atoms with Gasteiger partial charge >= 0.3 is 0 Å². The van der Waals surface area contributed by atoms with Crippen LogP contribution < -0.4 is 5.32 Å². The van der Waals surface area contributed by atoms with Crippen molar-refractivity contribution in [2.24, 2.45) is 0 Å². The zero-order valence-electron chi connectivity index (χ0n) is 14.4. The van der Waals surface area contributed by atoms with Crippen molar-refractivity contribution >= 4 is 5.91 Å². The lowest BCUT2D eigenvalue weighted by molar-refractivity contribution is 0.0166. The molecule has 0 spiro atoms. The normalized spacial score (nSPS) is 16.9. The summed E-state index contributed by atoms with van der Waals surface area (Å²) in [5, 5.41) is 7.15. The molecule has 1 N–H and O–H groups in total. The van der Waals surface area contributed by atoms with Crippen molar-refractivity contribution < 1.29 is 14.3 Å². The predicted molar refractivity (Wildman–Crippen MR) is 94.5 cm³/mol. The van der Waals surface area contributed by atoms with Gasteiger partial charge in [0.1, 0.15) is 0 Å². The topological polar surface area (TPSA) is 65.4 Å². The third kappa shape index (κ3) is 5.69. The van der Waals surface area contributed by atoms with E-state index >= 15 is 0 Å². The molecule has 134 valence electrons. The lowest BCUT2D eigenvalue weighted by Crippen LogP contribution is -2.25. The van der Waals surface area contributed by atoms with Gasteiger partial charge in [-0.1, -0.05) is 30.3 Å². The molecule has 1 aliphatic heterocycles. The van der Waals surface area contributed by atoms with Gasteiger partial charge in [0.2, 0.25) is 0 Å². The Balaban J connectivity index is 1.33. The molecule has 1 aliphatic rings. The minimum Gasteiger partial charge on any atom is -0.379 e. The molecule has 1 aromatic heterocycles. The molecule has 2 aromatic rings. The highest BCUT2D eigenvalue weighted by atomic mass is 16.5. The number of carbonyl (C=O) groups is 1. The van der Waals surface area contributed by atoms with Gasteiger partial charge in [0, 0.05) is 26.0 Å². The molecule has 0 aliphatic carbocycles. The highest BCUT2D eigenvalue weighted by Gasteiger charge is 2.15. The fourth-order valence-corrected chi connectivity index (χ4v) is 2.81. The summed E-state index contributed by atoms with van der Waals surface area (Å²) < 4.78 is 12.9. The molecule has 0 saturated carbocycles. The van der Waals surface area contributed by atoms with E-state index in [2.05, 4.69) is 10.4 Å². The number of ether oxygens (including phenoxy) is 2. The van der Waals surface area contributed by atoms with E-state index in [9.17, 15) is 4.79 Å². The van der Waals surface area contributed by atoms with Crippen molar-refractivity contribution in [2.75, 3.05) is 26.4 Å². The van der Waals surface area contributed by atoms with Gasteiger partial charge in [-0.15, -0.1) is 0 Å². The van der Waals surface area contributed by atoms with Crippen LogP contribution in [0, 0.1) is 0 Å². The molecule has 6 heteroatoms. The fourth-order valence-electron chi connectivity index (χ4n) is 2.81. The molecular formula is C19H25N3O3. The Kier molecular flexibility index (Phi) is 6.59. The zero-order valence-corrected chi connectivity index (χ0v) is 14.4. The van der Waals surface area contributed by atoms with E-state index < -0.39 is 0 Å². The van der Waals surface area contributed by atoms with Gasteiger partial charge in [-0.2, -0.15) is 5.10 Å². The molecule has 2 heterocycles. The Morgan fingerprint density at radius 3 is 3.04 bits per heavy atom. The predicted octanol–water partition coefficient (Wildman–Crippen LogP) is 2.25. The second-order valence-corrected chi connectivity index (χ2v) is 6.23. The molecule has 6 nitrogen and oxygen atoms in total. The molecular weight excluding hydrogens is 318 g/mol. The maximum absolute atomic E-state index is 12.1. The van der Waals surface area contributed by atoms with Crippen molar-refractivity contribution in [3.8, 4) is 0 Å². The van der Waals surface area contributed by atoms with E-state index in [1.54, 1.807) is 17.1 Å². The minimum atomic E-state index is -0.0987. The number of hydrogen-bond donors (Lipinski definition) is 1. The molecule has 1 unspecified atom stereocenters. The number of hydrogen-bond acceptors (Lipinski definition) is 4. The number of benzene rings is 1. The maximum atomic E-state index is 12.1. The fraction of sp³-hybridized carbons (Fsp3) is 0.474. The maximum Gasteiger partial charge on any atom is 0.254 e. The van der Waals surface area contributed by atoms with Crippen LogP contribution in [0.5, 0.6) is 0 Å². The van der Waals surface area contributed by atoms with E-state index in [0.717, 1.165) is 31.4 Å². The summed E-state index contributed by atoms with van der Waals surface area (Å²) in [4.78, 5) is 12.1. The third-order valence-electron chi connectivity index (χ3n) is 4.16. The highest BCUT2D eigenvalue weighted by molar-refractivity contribution is 5.93. The summed E-state index contributed by atoms with van der Waals surface area (Å²) in [5.41, 5.74) is 1.73. The molecule has 0 bridgehead atoms. The smallest absolute Gasteiger partial charge is 0.254 e. The zero-order chi connectivity index (χ0) is 17.3. The number of nitrogens with one attached hydrogen (secondary N) is 1. The average Bonchev–Trinajstić information content (AvgIpc) is 3.30. The number of aromatic nitrogens is 2. The molecule has 1 saturated heterocycles. The standard InChI is InChI=1S/C19H25N3O3/c23-19(20-9-5-10-24-15-18-8-4-11-25-18)17-12-21-22(14-17)13-16-6-2-1-3-7-16/h1-3,6-7,12,14,18H,4-5,8-11,13,15H2,(H,20,23). The molecule has 0 radical (unpaired) electrons. The van der Waals surface area contributed by atoms with Crippen LogP contribution in [0.15, 0.2) is 42.7 Å². The lowest BCUT2D eigenvalue weighted by Gasteiger charge is -2.10. The first-order chi connectivity index (χ1) is 12.3. The summed E-state index contributed by atoms with van der Waals surface area (Å²) in [7, 11) is 0. The van der Waals surface area contributed by atoms with E-state index in [4.69, 9.17) is 9.47 Å². The molecule has 25 heavy (non-hydrogen) atoms. The van der Waals surface area contributed by atoms with Crippen molar-refractivity contribution in [3.05, 3.63) is 53.9 Å². The molecule has 1 amide bonds. The molecule has 1 fully saturated rings. The van der Waals surface area contributed by atoms with E-state index in [-0.39, 0.29) is 12.0 Å². The van der Waals surface area contributed by atoms with Crippen LogP contribution >= 0.6 is 0 Å². The Morgan fingerprint density at radius 1 is 1.36 bits per heavy atom. The van der Waals surface area contributed by atoms with Gasteiger partial charge < -0.3 is 14.8 Å². The van der Waals surface area contributed by atoms with Crippen molar-refractivity contribution in [1.82, 2.24) is 15.1 Å². The van der Waals surface area contributed by atoms with Crippen LogP contribution in [0.25, 0.3) is 0 Å². The molecule has 3 rings (SSSR count). The average molecular weight is 343 g/mol. The lowest BCUT2D eigenvalue weighted by atomic mass is 10.2. The van der Waals surface area contributed by atoms with Crippen LogP contribution in [0.4, 0.5) is 0 Å². The van der Waals surface area contributed by atoms with Gasteiger partial charge in [0.25, 0.3) is 5.91 Å². The number of carbonyl (C=O) groups excluding carboxylic acids is 1. The summed E-state index contributed by atoms with van der Waals surface area (Å²) >= 11 is 0. The quantitative estimate of drug-likeness (QED) is 0.709. The Labute approximate surface area is 148 Å². The Hall–Kier alpha value is -2.18. The van der Waals surface area contributed by atoms with Crippen LogP contribution in [0.2, 0.25) is 0 Å². The first-order valence-electron chi connectivity index (χ1n) is 8.85.